The Morgan fingerprint density at radius 2 is 2.09 bits per heavy atom. The Kier molecular flexibility index (Phi) is 4.05. The second-order valence-corrected chi connectivity index (χ2v) is 6.41. The maximum absolute atomic E-state index is 12.1. The van der Waals surface area contributed by atoms with Gasteiger partial charge in [0.15, 0.2) is 0 Å². The van der Waals surface area contributed by atoms with Crippen LogP contribution >= 0.6 is 0 Å². The summed E-state index contributed by atoms with van der Waals surface area (Å²) >= 11 is 0. The molecular weight excluding hydrogens is 282 g/mol. The molecular formula is C17H21NO4. The Morgan fingerprint density at radius 3 is 2.82 bits per heavy atom. The van der Waals surface area contributed by atoms with Crippen LogP contribution in [0.15, 0.2) is 30.3 Å². The average Bonchev–Trinajstić information content (AvgIpc) is 3.27. The molecule has 3 atom stereocenters. The number of carboxylic acids is 1. The number of carbonyl (C=O) groups is 2. The van der Waals surface area contributed by atoms with Gasteiger partial charge < -0.3 is 15.2 Å². The molecule has 1 aromatic carbocycles. The van der Waals surface area contributed by atoms with E-state index in [4.69, 9.17) is 4.74 Å². The predicted octanol–water partition coefficient (Wildman–Crippen LogP) is 2.95. The molecule has 0 heterocycles. The number of hydrogen-bond acceptors (Lipinski definition) is 3. The molecule has 0 aromatic heterocycles. The average molecular weight is 303 g/mol. The van der Waals surface area contributed by atoms with E-state index in [1.165, 1.54) is 0 Å². The quantitative estimate of drug-likeness (QED) is 0.877. The molecule has 2 aliphatic carbocycles. The van der Waals surface area contributed by atoms with E-state index in [0.717, 1.165) is 31.2 Å². The fourth-order valence-corrected chi connectivity index (χ4v) is 3.76. The third-order valence-corrected chi connectivity index (χ3v) is 4.86. The summed E-state index contributed by atoms with van der Waals surface area (Å²) in [6, 6.07) is 9.45. The molecule has 0 aliphatic heterocycles. The Morgan fingerprint density at radius 1 is 1.32 bits per heavy atom. The van der Waals surface area contributed by atoms with Crippen molar-refractivity contribution in [2.75, 3.05) is 0 Å². The van der Waals surface area contributed by atoms with Gasteiger partial charge in [-0.3, -0.25) is 4.79 Å². The van der Waals surface area contributed by atoms with Crippen LogP contribution in [0.4, 0.5) is 4.79 Å². The molecule has 0 spiro atoms. The zero-order valence-corrected chi connectivity index (χ0v) is 12.5. The summed E-state index contributed by atoms with van der Waals surface area (Å²) in [5.41, 5.74) is 0.292. The minimum absolute atomic E-state index is 0.0192. The highest BCUT2D eigenvalue weighted by Gasteiger charge is 2.56. The molecule has 3 unspecified atom stereocenters. The molecule has 5 nitrogen and oxygen atoms in total. The van der Waals surface area contributed by atoms with Gasteiger partial charge in [0.1, 0.15) is 6.61 Å². The van der Waals surface area contributed by atoms with Crippen LogP contribution < -0.4 is 5.32 Å². The van der Waals surface area contributed by atoms with Gasteiger partial charge in [-0.2, -0.15) is 0 Å². The summed E-state index contributed by atoms with van der Waals surface area (Å²) < 4.78 is 5.26. The number of fused-ring (bicyclic) bond motifs is 1. The standard InChI is InChI=1S/C17H21NO4/c19-15(20)10-17(8-4-7-13-9-14(13)17)18-16(21)22-11-12-5-2-1-3-6-12/h1-3,5-6,13-14H,4,7-11H2,(H,18,21)(H,19,20). The third kappa shape index (κ3) is 3.24. The minimum atomic E-state index is -0.865. The summed E-state index contributed by atoms with van der Waals surface area (Å²) in [4.78, 5) is 23.3. The number of alkyl carbamates (subject to hydrolysis) is 1. The zero-order valence-electron chi connectivity index (χ0n) is 12.5. The second-order valence-electron chi connectivity index (χ2n) is 6.41. The van der Waals surface area contributed by atoms with Gasteiger partial charge in [0.25, 0.3) is 0 Å². The number of amides is 1. The Hall–Kier alpha value is -2.04. The summed E-state index contributed by atoms with van der Waals surface area (Å²) in [5.74, 6) is 0.0000537. The van der Waals surface area contributed by atoms with Crippen LogP contribution in [0.3, 0.4) is 0 Å². The van der Waals surface area contributed by atoms with Crippen molar-refractivity contribution in [3.05, 3.63) is 35.9 Å². The SMILES string of the molecule is O=C(O)CC1(NC(=O)OCc2ccccc2)CCCC2CC21. The van der Waals surface area contributed by atoms with E-state index in [1.807, 2.05) is 30.3 Å². The van der Waals surface area contributed by atoms with Gasteiger partial charge in [0.2, 0.25) is 0 Å². The van der Waals surface area contributed by atoms with Gasteiger partial charge in [-0.1, -0.05) is 36.8 Å². The lowest BCUT2D eigenvalue weighted by molar-refractivity contribution is -0.139. The van der Waals surface area contributed by atoms with Gasteiger partial charge in [0, 0.05) is 0 Å². The lowest BCUT2D eigenvalue weighted by Gasteiger charge is -2.36. The molecule has 0 radical (unpaired) electrons. The van der Waals surface area contributed by atoms with Gasteiger partial charge >= 0.3 is 12.1 Å². The number of carboxylic acid groups (broad SMARTS) is 1. The summed E-state index contributed by atoms with van der Waals surface area (Å²) in [7, 11) is 0. The zero-order chi connectivity index (χ0) is 15.6. The van der Waals surface area contributed by atoms with Crippen LogP contribution in [0.1, 0.15) is 37.7 Å². The molecule has 22 heavy (non-hydrogen) atoms. The minimum Gasteiger partial charge on any atom is -0.481 e. The van der Waals surface area contributed by atoms with Crippen LogP contribution in [-0.2, 0) is 16.1 Å². The van der Waals surface area contributed by atoms with Crippen LogP contribution in [0.5, 0.6) is 0 Å². The monoisotopic (exact) mass is 303 g/mol. The van der Waals surface area contributed by atoms with Gasteiger partial charge in [-0.05, 0) is 36.7 Å². The number of benzene rings is 1. The van der Waals surface area contributed by atoms with Crippen molar-refractivity contribution in [1.82, 2.24) is 5.32 Å². The molecule has 0 bridgehead atoms. The van der Waals surface area contributed by atoms with Gasteiger partial charge in [-0.25, -0.2) is 4.79 Å². The fourth-order valence-electron chi connectivity index (χ4n) is 3.76. The van der Waals surface area contributed by atoms with Crippen molar-refractivity contribution in [2.24, 2.45) is 11.8 Å². The van der Waals surface area contributed by atoms with Crippen molar-refractivity contribution in [3.8, 4) is 0 Å². The van der Waals surface area contributed by atoms with Gasteiger partial charge in [0.05, 0.1) is 12.0 Å². The highest BCUT2D eigenvalue weighted by Crippen LogP contribution is 2.56. The van der Waals surface area contributed by atoms with E-state index in [1.54, 1.807) is 0 Å². The van der Waals surface area contributed by atoms with Crippen molar-refractivity contribution < 1.29 is 19.4 Å². The maximum Gasteiger partial charge on any atom is 0.407 e. The second kappa shape index (κ2) is 5.99. The van der Waals surface area contributed by atoms with Crippen molar-refractivity contribution in [1.29, 1.82) is 0 Å². The van der Waals surface area contributed by atoms with E-state index >= 15 is 0 Å². The van der Waals surface area contributed by atoms with E-state index in [9.17, 15) is 14.7 Å². The molecule has 2 aliphatic rings. The number of rotatable bonds is 5. The largest absolute Gasteiger partial charge is 0.481 e. The third-order valence-electron chi connectivity index (χ3n) is 4.86. The lowest BCUT2D eigenvalue weighted by atomic mass is 9.79. The number of aliphatic carboxylic acids is 1. The predicted molar refractivity (Wildman–Crippen MR) is 80.2 cm³/mol. The Balaban J connectivity index is 1.61. The van der Waals surface area contributed by atoms with Crippen LogP contribution in [-0.4, -0.2) is 22.7 Å². The van der Waals surface area contributed by atoms with Crippen LogP contribution in [0, 0.1) is 11.8 Å². The first kappa shape index (κ1) is 14.9. The van der Waals surface area contributed by atoms with E-state index < -0.39 is 17.6 Å². The molecule has 0 saturated heterocycles. The topological polar surface area (TPSA) is 75.6 Å². The van der Waals surface area contributed by atoms with Crippen molar-refractivity contribution >= 4 is 12.1 Å². The molecule has 5 heteroatoms. The Labute approximate surface area is 129 Å². The first-order chi connectivity index (χ1) is 10.6. The number of nitrogens with one attached hydrogen (secondary N) is 1. The highest BCUT2D eigenvalue weighted by molar-refractivity contribution is 5.73. The van der Waals surface area contributed by atoms with Crippen molar-refractivity contribution in [3.63, 3.8) is 0 Å². The highest BCUT2D eigenvalue weighted by atomic mass is 16.5. The molecule has 2 saturated carbocycles. The first-order valence-corrected chi connectivity index (χ1v) is 7.80. The van der Waals surface area contributed by atoms with Crippen molar-refractivity contribution in [2.45, 2.75) is 44.2 Å². The first-order valence-electron chi connectivity index (χ1n) is 7.80. The molecule has 2 N–H and O–H groups in total. The summed E-state index contributed by atoms with van der Waals surface area (Å²) in [6.45, 7) is 0.198. The normalized spacial score (nSPS) is 29.3. The molecule has 1 aromatic rings. The molecule has 2 fully saturated rings. The Bertz CT molecular complexity index is 559. The number of hydrogen-bond donors (Lipinski definition) is 2. The number of carbonyl (C=O) groups excluding carboxylic acids is 1. The van der Waals surface area contributed by atoms with Crippen LogP contribution in [0.2, 0.25) is 0 Å². The lowest BCUT2D eigenvalue weighted by Crippen LogP contribution is -2.53. The van der Waals surface area contributed by atoms with E-state index in [-0.39, 0.29) is 13.0 Å². The van der Waals surface area contributed by atoms with Gasteiger partial charge in [-0.15, -0.1) is 0 Å². The summed E-state index contributed by atoms with van der Waals surface area (Å²) in [6.07, 6.45) is 3.32. The molecule has 3 rings (SSSR count). The fraction of sp³-hybridized carbons (Fsp3) is 0.529. The maximum atomic E-state index is 12.1. The molecule has 118 valence electrons. The van der Waals surface area contributed by atoms with E-state index in [2.05, 4.69) is 5.32 Å². The summed E-state index contributed by atoms with van der Waals surface area (Å²) in [5, 5.41) is 12.1. The van der Waals surface area contributed by atoms with Crippen LogP contribution in [0.25, 0.3) is 0 Å². The smallest absolute Gasteiger partial charge is 0.407 e. The number of ether oxygens (including phenoxy) is 1. The van der Waals surface area contributed by atoms with E-state index in [0.29, 0.717) is 11.8 Å². The molecule has 1 amide bonds.